The summed E-state index contributed by atoms with van der Waals surface area (Å²) in [6, 6.07) is 0. The van der Waals surface area contributed by atoms with Gasteiger partial charge >= 0.3 is 11.9 Å². The molecule has 0 aliphatic carbocycles. The maximum absolute atomic E-state index is 11.0. The van der Waals surface area contributed by atoms with Crippen LogP contribution in [0.3, 0.4) is 0 Å². The summed E-state index contributed by atoms with van der Waals surface area (Å²) in [6.07, 6.45) is 0.253. The monoisotopic (exact) mass is 330 g/mol. The lowest BCUT2D eigenvalue weighted by Gasteiger charge is -2.48. The number of carbonyl (C=O) groups is 2. The molecule has 0 aromatic heterocycles. The van der Waals surface area contributed by atoms with Gasteiger partial charge in [-0.2, -0.15) is 0 Å². The Balaban J connectivity index is 2.02. The van der Waals surface area contributed by atoms with E-state index in [2.05, 4.69) is 13.8 Å². The molecule has 0 N–H and O–H groups in total. The van der Waals surface area contributed by atoms with E-state index in [1.54, 1.807) is 0 Å². The van der Waals surface area contributed by atoms with Crippen molar-refractivity contribution in [2.24, 2.45) is 5.41 Å². The molecule has 0 saturated carbocycles. The fraction of sp³-hybridized carbons (Fsp3) is 0.875. The summed E-state index contributed by atoms with van der Waals surface area (Å²) in [7, 11) is 0. The molecule has 2 aliphatic heterocycles. The average molecular weight is 330 g/mol. The van der Waals surface area contributed by atoms with Gasteiger partial charge in [-0.3, -0.25) is 9.59 Å². The SMILES string of the molecule is CC(=O)OC[C@@H]1CC2(C[C@H](COC(C)=O)O1)OCC(C)(C)CO2. The first-order valence-electron chi connectivity index (χ1n) is 7.90. The number of hydrogen-bond acceptors (Lipinski definition) is 7. The Morgan fingerprint density at radius 2 is 1.39 bits per heavy atom. The molecule has 2 rings (SSSR count). The Morgan fingerprint density at radius 3 is 1.78 bits per heavy atom. The molecule has 23 heavy (non-hydrogen) atoms. The first-order chi connectivity index (χ1) is 10.7. The van der Waals surface area contributed by atoms with Gasteiger partial charge in [0.1, 0.15) is 13.2 Å². The van der Waals surface area contributed by atoms with E-state index in [4.69, 9.17) is 23.7 Å². The molecule has 0 aromatic carbocycles. The zero-order valence-corrected chi connectivity index (χ0v) is 14.3. The molecule has 2 aliphatic rings. The van der Waals surface area contributed by atoms with Gasteiger partial charge < -0.3 is 23.7 Å². The molecular weight excluding hydrogens is 304 g/mol. The van der Waals surface area contributed by atoms with Crippen molar-refractivity contribution in [3.8, 4) is 0 Å². The van der Waals surface area contributed by atoms with Crippen LogP contribution >= 0.6 is 0 Å². The van der Waals surface area contributed by atoms with E-state index in [1.807, 2.05) is 0 Å². The third-order valence-corrected chi connectivity index (χ3v) is 3.86. The molecule has 0 radical (unpaired) electrons. The van der Waals surface area contributed by atoms with Crippen molar-refractivity contribution in [2.45, 2.75) is 58.5 Å². The topological polar surface area (TPSA) is 80.3 Å². The second-order valence-corrected chi connectivity index (χ2v) is 7.05. The van der Waals surface area contributed by atoms with Crippen molar-refractivity contribution in [3.63, 3.8) is 0 Å². The quantitative estimate of drug-likeness (QED) is 0.721. The van der Waals surface area contributed by atoms with Crippen molar-refractivity contribution < 1.29 is 33.3 Å². The molecule has 1 spiro atoms. The molecule has 7 nitrogen and oxygen atoms in total. The summed E-state index contributed by atoms with van der Waals surface area (Å²) in [5.74, 6) is -1.50. The van der Waals surface area contributed by atoms with Gasteiger partial charge in [0.15, 0.2) is 5.79 Å². The van der Waals surface area contributed by atoms with Crippen molar-refractivity contribution in [1.29, 1.82) is 0 Å². The van der Waals surface area contributed by atoms with E-state index in [0.717, 1.165) is 0 Å². The minimum Gasteiger partial charge on any atom is -0.463 e. The first kappa shape index (κ1) is 18.2. The lowest BCUT2D eigenvalue weighted by atomic mass is 9.91. The normalized spacial score (nSPS) is 29.0. The Kier molecular flexibility index (Phi) is 5.65. The van der Waals surface area contributed by atoms with E-state index in [9.17, 15) is 9.59 Å². The van der Waals surface area contributed by atoms with Crippen LogP contribution in [0.5, 0.6) is 0 Å². The van der Waals surface area contributed by atoms with Crippen LogP contribution in [0.15, 0.2) is 0 Å². The van der Waals surface area contributed by atoms with Crippen LogP contribution in [0.2, 0.25) is 0 Å². The third-order valence-electron chi connectivity index (χ3n) is 3.86. The number of ether oxygens (including phenoxy) is 5. The molecule has 0 unspecified atom stereocenters. The summed E-state index contributed by atoms with van der Waals surface area (Å²) in [4.78, 5) is 22.1. The van der Waals surface area contributed by atoms with Crippen LogP contribution in [-0.2, 0) is 33.3 Å². The van der Waals surface area contributed by atoms with Gasteiger partial charge in [-0.15, -0.1) is 0 Å². The van der Waals surface area contributed by atoms with Gasteiger partial charge in [0.2, 0.25) is 0 Å². The number of esters is 2. The lowest BCUT2D eigenvalue weighted by molar-refractivity contribution is -0.341. The molecule has 132 valence electrons. The van der Waals surface area contributed by atoms with Crippen LogP contribution in [0.4, 0.5) is 0 Å². The average Bonchev–Trinajstić information content (AvgIpc) is 2.47. The van der Waals surface area contributed by atoms with E-state index in [-0.39, 0.29) is 42.8 Å². The Labute approximate surface area is 136 Å². The first-order valence-corrected chi connectivity index (χ1v) is 7.90. The van der Waals surface area contributed by atoms with Gasteiger partial charge in [-0.25, -0.2) is 0 Å². The van der Waals surface area contributed by atoms with E-state index < -0.39 is 5.79 Å². The number of rotatable bonds is 4. The fourth-order valence-corrected chi connectivity index (χ4v) is 2.74. The van der Waals surface area contributed by atoms with Crippen LogP contribution in [0.25, 0.3) is 0 Å². The molecule has 2 heterocycles. The van der Waals surface area contributed by atoms with Gasteiger partial charge in [0.25, 0.3) is 0 Å². The van der Waals surface area contributed by atoms with Crippen LogP contribution in [0, 0.1) is 5.41 Å². The predicted molar refractivity (Wildman–Crippen MR) is 79.6 cm³/mol. The molecule has 2 fully saturated rings. The smallest absolute Gasteiger partial charge is 0.302 e. The lowest BCUT2D eigenvalue weighted by Crippen LogP contribution is -2.56. The standard InChI is InChI=1S/C16H26O7/c1-11(17)19-7-13-5-16(21-9-15(3,4)10-22-16)6-14(23-13)8-20-12(2)18/h13-14H,5-10H2,1-4H3/t13-,14+. The highest BCUT2D eigenvalue weighted by molar-refractivity contribution is 5.66. The molecule has 7 heteroatoms. The third kappa shape index (κ3) is 5.44. The largest absolute Gasteiger partial charge is 0.463 e. The number of hydrogen-bond donors (Lipinski definition) is 0. The summed E-state index contributed by atoms with van der Waals surface area (Å²) >= 11 is 0. The van der Waals surface area contributed by atoms with Crippen LogP contribution in [0.1, 0.15) is 40.5 Å². The van der Waals surface area contributed by atoms with Gasteiger partial charge in [-0.05, 0) is 0 Å². The molecule has 0 aromatic rings. The Bertz CT molecular complexity index is 408. The van der Waals surface area contributed by atoms with Gasteiger partial charge in [-0.1, -0.05) is 13.8 Å². The highest BCUT2D eigenvalue weighted by Crippen LogP contribution is 2.39. The highest BCUT2D eigenvalue weighted by Gasteiger charge is 2.48. The minimum atomic E-state index is -0.774. The van der Waals surface area contributed by atoms with Gasteiger partial charge in [0, 0.05) is 32.1 Å². The maximum atomic E-state index is 11.0. The molecule has 2 atom stereocenters. The van der Waals surface area contributed by atoms with Crippen molar-refractivity contribution in [3.05, 3.63) is 0 Å². The molecular formula is C16H26O7. The Hall–Kier alpha value is -1.18. The predicted octanol–water partition coefficient (Wildman–Crippen LogP) is 1.43. The highest BCUT2D eigenvalue weighted by atomic mass is 16.7. The van der Waals surface area contributed by atoms with E-state index >= 15 is 0 Å². The summed E-state index contributed by atoms with van der Waals surface area (Å²) in [6.45, 7) is 8.27. The zero-order valence-electron chi connectivity index (χ0n) is 14.3. The minimum absolute atomic E-state index is 0.0414. The summed E-state index contributed by atoms with van der Waals surface area (Å²) < 4.78 is 28.0. The second kappa shape index (κ2) is 7.15. The molecule has 0 bridgehead atoms. The van der Waals surface area contributed by atoms with Crippen LogP contribution < -0.4 is 0 Å². The van der Waals surface area contributed by atoms with Crippen molar-refractivity contribution >= 4 is 11.9 Å². The van der Waals surface area contributed by atoms with Crippen LogP contribution in [-0.4, -0.2) is 56.4 Å². The fourth-order valence-electron chi connectivity index (χ4n) is 2.74. The summed E-state index contributed by atoms with van der Waals surface area (Å²) in [5.41, 5.74) is -0.0414. The molecule has 0 amide bonds. The summed E-state index contributed by atoms with van der Waals surface area (Å²) in [5, 5.41) is 0. The second-order valence-electron chi connectivity index (χ2n) is 7.05. The zero-order chi connectivity index (χ0) is 17.1. The number of carbonyl (C=O) groups excluding carboxylic acids is 2. The van der Waals surface area contributed by atoms with Gasteiger partial charge in [0.05, 0.1) is 25.4 Å². The Morgan fingerprint density at radius 1 is 0.957 bits per heavy atom. The van der Waals surface area contributed by atoms with E-state index in [0.29, 0.717) is 26.1 Å². The van der Waals surface area contributed by atoms with Crippen molar-refractivity contribution in [1.82, 2.24) is 0 Å². The van der Waals surface area contributed by atoms with E-state index in [1.165, 1.54) is 13.8 Å². The molecule has 2 saturated heterocycles. The van der Waals surface area contributed by atoms with Crippen molar-refractivity contribution in [2.75, 3.05) is 26.4 Å². The maximum Gasteiger partial charge on any atom is 0.302 e.